The summed E-state index contributed by atoms with van der Waals surface area (Å²) in [5.74, 6) is 1.99. The third kappa shape index (κ3) is 2.78. The van der Waals surface area contributed by atoms with Crippen LogP contribution in [-0.2, 0) is 19.6 Å². The van der Waals surface area contributed by atoms with Gasteiger partial charge in [-0.15, -0.1) is 0 Å². The molecule has 0 aliphatic carbocycles. The summed E-state index contributed by atoms with van der Waals surface area (Å²) in [6, 6.07) is 3.82. The van der Waals surface area contributed by atoms with Gasteiger partial charge in [0.15, 0.2) is 0 Å². The molecule has 0 saturated heterocycles. The van der Waals surface area contributed by atoms with E-state index < -0.39 is 0 Å². The Kier molecular flexibility index (Phi) is 3.89. The lowest BCUT2D eigenvalue weighted by molar-refractivity contribution is 0.206. The van der Waals surface area contributed by atoms with Crippen LogP contribution in [0.1, 0.15) is 18.4 Å². The largest absolute Gasteiger partial charge is 0.370 e. The molecule has 0 amide bonds. The Labute approximate surface area is 123 Å². The second kappa shape index (κ2) is 5.81. The predicted molar refractivity (Wildman–Crippen MR) is 79.8 cm³/mol. The average Bonchev–Trinajstić information content (AvgIpc) is 2.90. The molecule has 3 heterocycles. The van der Waals surface area contributed by atoms with E-state index in [0.717, 1.165) is 55.1 Å². The lowest BCUT2D eigenvalue weighted by Gasteiger charge is -2.27. The zero-order valence-electron chi connectivity index (χ0n) is 11.5. The lowest BCUT2D eigenvalue weighted by Crippen LogP contribution is -2.33. The minimum atomic E-state index is 0.723. The van der Waals surface area contributed by atoms with Crippen LogP contribution in [0.4, 0.5) is 5.82 Å². The third-order valence-corrected chi connectivity index (χ3v) is 3.82. The summed E-state index contributed by atoms with van der Waals surface area (Å²) in [6.45, 7) is 6.48. The summed E-state index contributed by atoms with van der Waals surface area (Å²) >= 11 is 6.26. The van der Waals surface area contributed by atoms with E-state index in [-0.39, 0.29) is 0 Å². The third-order valence-electron chi connectivity index (χ3n) is 3.47. The van der Waals surface area contributed by atoms with Gasteiger partial charge in [0.1, 0.15) is 11.6 Å². The first-order valence-electron chi connectivity index (χ1n) is 6.88. The molecular weight excluding hydrogens is 274 g/mol. The highest BCUT2D eigenvalue weighted by Crippen LogP contribution is 2.20. The molecule has 0 bridgehead atoms. The lowest BCUT2D eigenvalue weighted by atomic mass is 10.3. The Hall–Kier alpha value is -1.59. The number of hydrogen-bond donors (Lipinski definition) is 1. The van der Waals surface area contributed by atoms with Crippen LogP contribution in [0.5, 0.6) is 0 Å². The summed E-state index contributed by atoms with van der Waals surface area (Å²) in [6.07, 6.45) is 3.89. The highest BCUT2D eigenvalue weighted by molar-refractivity contribution is 6.31. The van der Waals surface area contributed by atoms with Gasteiger partial charge in [0.25, 0.3) is 0 Å². The molecule has 1 N–H and O–H groups in total. The van der Waals surface area contributed by atoms with E-state index in [1.165, 1.54) is 0 Å². The molecular formula is C14H18ClN5. The number of aromatic nitrogens is 3. The molecule has 3 rings (SSSR count). The molecule has 0 fully saturated rings. The Morgan fingerprint density at radius 3 is 3.10 bits per heavy atom. The minimum absolute atomic E-state index is 0.723. The van der Waals surface area contributed by atoms with Gasteiger partial charge in [-0.2, -0.15) is 0 Å². The quantitative estimate of drug-likeness (QED) is 0.939. The van der Waals surface area contributed by atoms with Crippen LogP contribution in [0.3, 0.4) is 0 Å². The number of imidazole rings is 1. The van der Waals surface area contributed by atoms with Crippen molar-refractivity contribution in [3.63, 3.8) is 0 Å². The van der Waals surface area contributed by atoms with Gasteiger partial charge in [-0.25, -0.2) is 9.97 Å². The fourth-order valence-corrected chi connectivity index (χ4v) is 2.61. The summed E-state index contributed by atoms with van der Waals surface area (Å²) in [7, 11) is 0. The number of pyridine rings is 1. The Balaban J connectivity index is 1.73. The number of hydrogen-bond acceptors (Lipinski definition) is 4. The molecule has 1 aliphatic rings. The van der Waals surface area contributed by atoms with E-state index in [4.69, 9.17) is 11.6 Å². The van der Waals surface area contributed by atoms with Crippen molar-refractivity contribution >= 4 is 17.4 Å². The summed E-state index contributed by atoms with van der Waals surface area (Å²) in [5.41, 5.74) is 0.921. The van der Waals surface area contributed by atoms with Gasteiger partial charge in [0, 0.05) is 38.6 Å². The van der Waals surface area contributed by atoms with Crippen molar-refractivity contribution in [2.75, 3.05) is 18.4 Å². The van der Waals surface area contributed by atoms with Gasteiger partial charge in [-0.05, 0) is 19.1 Å². The smallest absolute Gasteiger partial charge is 0.126 e. The number of rotatable bonds is 4. The molecule has 0 atom stereocenters. The topological polar surface area (TPSA) is 46.0 Å². The summed E-state index contributed by atoms with van der Waals surface area (Å²) in [4.78, 5) is 11.3. The molecule has 2 aromatic rings. The van der Waals surface area contributed by atoms with Crippen LogP contribution >= 0.6 is 11.6 Å². The standard InChI is InChI=1S/C14H18ClN5/c1-2-16-13-4-3-11(15)12(18-13)9-19-7-8-20-6-5-17-14(20)10-19/h3-6H,2,7-10H2,1H3,(H,16,18). The van der Waals surface area contributed by atoms with E-state index >= 15 is 0 Å². The van der Waals surface area contributed by atoms with E-state index in [1.54, 1.807) is 0 Å². The van der Waals surface area contributed by atoms with E-state index in [2.05, 4.69) is 31.7 Å². The fraction of sp³-hybridized carbons (Fsp3) is 0.429. The molecule has 1 aliphatic heterocycles. The van der Waals surface area contributed by atoms with Gasteiger partial charge in [-0.1, -0.05) is 11.6 Å². The van der Waals surface area contributed by atoms with Crippen molar-refractivity contribution in [2.24, 2.45) is 0 Å². The van der Waals surface area contributed by atoms with E-state index in [9.17, 15) is 0 Å². The zero-order valence-corrected chi connectivity index (χ0v) is 12.3. The number of halogens is 1. The maximum atomic E-state index is 6.26. The Bertz CT molecular complexity index is 595. The van der Waals surface area contributed by atoms with Crippen LogP contribution in [-0.4, -0.2) is 32.5 Å². The highest BCUT2D eigenvalue weighted by atomic mass is 35.5. The SMILES string of the molecule is CCNc1ccc(Cl)c(CN2CCn3ccnc3C2)n1. The molecule has 5 nitrogen and oxygen atoms in total. The van der Waals surface area contributed by atoms with E-state index in [1.807, 2.05) is 24.5 Å². The Morgan fingerprint density at radius 2 is 2.25 bits per heavy atom. The normalized spacial score (nSPS) is 15.1. The van der Waals surface area contributed by atoms with Gasteiger partial charge in [0.05, 0.1) is 17.3 Å². The van der Waals surface area contributed by atoms with Crippen LogP contribution < -0.4 is 5.32 Å². The van der Waals surface area contributed by atoms with Crippen molar-refractivity contribution in [1.29, 1.82) is 0 Å². The number of fused-ring (bicyclic) bond motifs is 1. The molecule has 0 radical (unpaired) electrons. The highest BCUT2D eigenvalue weighted by Gasteiger charge is 2.18. The average molecular weight is 292 g/mol. The molecule has 0 unspecified atom stereocenters. The zero-order chi connectivity index (χ0) is 13.9. The van der Waals surface area contributed by atoms with Crippen molar-refractivity contribution in [1.82, 2.24) is 19.4 Å². The molecule has 2 aromatic heterocycles. The monoisotopic (exact) mass is 291 g/mol. The number of nitrogens with one attached hydrogen (secondary N) is 1. The van der Waals surface area contributed by atoms with Crippen molar-refractivity contribution < 1.29 is 0 Å². The predicted octanol–water partition coefficient (Wildman–Crippen LogP) is 2.38. The first kappa shape index (κ1) is 13.4. The summed E-state index contributed by atoms with van der Waals surface area (Å²) < 4.78 is 2.20. The van der Waals surface area contributed by atoms with Crippen LogP contribution in [0.15, 0.2) is 24.5 Å². The maximum Gasteiger partial charge on any atom is 0.126 e. The fourth-order valence-electron chi connectivity index (χ4n) is 2.45. The minimum Gasteiger partial charge on any atom is -0.370 e. The van der Waals surface area contributed by atoms with Gasteiger partial charge >= 0.3 is 0 Å². The summed E-state index contributed by atoms with van der Waals surface area (Å²) in [5, 5.41) is 3.94. The van der Waals surface area contributed by atoms with Gasteiger partial charge < -0.3 is 9.88 Å². The van der Waals surface area contributed by atoms with E-state index in [0.29, 0.717) is 0 Å². The first-order valence-corrected chi connectivity index (χ1v) is 7.25. The molecule has 20 heavy (non-hydrogen) atoms. The first-order chi connectivity index (χ1) is 9.76. The molecule has 0 aromatic carbocycles. The molecule has 0 spiro atoms. The van der Waals surface area contributed by atoms with Crippen LogP contribution in [0.2, 0.25) is 5.02 Å². The van der Waals surface area contributed by atoms with Crippen molar-refractivity contribution in [2.45, 2.75) is 26.6 Å². The Morgan fingerprint density at radius 1 is 1.35 bits per heavy atom. The van der Waals surface area contributed by atoms with Crippen LogP contribution in [0, 0.1) is 0 Å². The second-order valence-corrected chi connectivity index (χ2v) is 5.31. The number of anilines is 1. The second-order valence-electron chi connectivity index (χ2n) is 4.90. The molecule has 106 valence electrons. The molecule has 0 saturated carbocycles. The van der Waals surface area contributed by atoms with Gasteiger partial charge in [0.2, 0.25) is 0 Å². The number of nitrogens with zero attached hydrogens (tertiary/aromatic N) is 4. The van der Waals surface area contributed by atoms with Gasteiger partial charge in [-0.3, -0.25) is 4.90 Å². The maximum absolute atomic E-state index is 6.26. The van der Waals surface area contributed by atoms with Crippen molar-refractivity contribution in [3.05, 3.63) is 41.1 Å². The molecule has 6 heteroatoms. The van der Waals surface area contributed by atoms with Crippen molar-refractivity contribution in [3.8, 4) is 0 Å². The van der Waals surface area contributed by atoms with Crippen LogP contribution in [0.25, 0.3) is 0 Å².